The Bertz CT molecular complexity index is 689. The van der Waals surface area contributed by atoms with Gasteiger partial charge in [0.2, 0.25) is 0 Å². The molecule has 0 fully saturated rings. The molecule has 0 amide bonds. The lowest BCUT2D eigenvalue weighted by molar-refractivity contribution is -0.141. The van der Waals surface area contributed by atoms with Crippen molar-refractivity contribution in [1.29, 1.82) is 0 Å². The highest BCUT2D eigenvalue weighted by atomic mass is 35.5. The molecule has 1 N–H and O–H groups in total. The highest BCUT2D eigenvalue weighted by Gasteiger charge is 2.33. The molecule has 2 aromatic rings. The Labute approximate surface area is 133 Å². The van der Waals surface area contributed by atoms with Crippen LogP contribution in [0, 0.1) is 0 Å². The topological polar surface area (TPSA) is 33.1 Å². The van der Waals surface area contributed by atoms with E-state index in [0.29, 0.717) is 5.56 Å². The first-order valence-electron chi connectivity index (χ1n) is 5.57. The number of halogens is 6. The van der Waals surface area contributed by atoms with Crippen LogP contribution in [0.1, 0.15) is 11.4 Å². The molecule has 1 aromatic carbocycles. The van der Waals surface area contributed by atoms with E-state index in [-0.39, 0.29) is 26.3 Å². The van der Waals surface area contributed by atoms with Crippen molar-refractivity contribution in [3.63, 3.8) is 0 Å². The summed E-state index contributed by atoms with van der Waals surface area (Å²) in [6.07, 6.45) is -4.59. The lowest BCUT2D eigenvalue weighted by Gasteiger charge is -2.13. The molecule has 2 rings (SSSR count). The lowest BCUT2D eigenvalue weighted by Crippen LogP contribution is -2.10. The van der Waals surface area contributed by atoms with E-state index in [4.69, 9.17) is 34.8 Å². The maximum atomic E-state index is 12.6. The molecular weight excluding hydrogens is 350 g/mol. The molecule has 0 spiro atoms. The Morgan fingerprint density at radius 3 is 2.14 bits per heavy atom. The first-order valence-corrected chi connectivity index (χ1v) is 6.71. The van der Waals surface area contributed by atoms with Crippen molar-refractivity contribution in [1.82, 2.24) is 4.98 Å². The van der Waals surface area contributed by atoms with E-state index >= 15 is 0 Å². The first-order chi connectivity index (χ1) is 9.75. The molecule has 1 heterocycles. The van der Waals surface area contributed by atoms with Gasteiger partial charge in [-0.05, 0) is 12.1 Å². The van der Waals surface area contributed by atoms with Crippen molar-refractivity contribution in [2.24, 2.45) is 0 Å². The quantitative estimate of drug-likeness (QED) is 0.748. The van der Waals surface area contributed by atoms with Crippen molar-refractivity contribution in [3.8, 4) is 11.1 Å². The van der Waals surface area contributed by atoms with Crippen LogP contribution < -0.4 is 0 Å². The van der Waals surface area contributed by atoms with Gasteiger partial charge in [0.25, 0.3) is 0 Å². The van der Waals surface area contributed by atoms with Crippen molar-refractivity contribution in [2.45, 2.75) is 12.8 Å². The summed E-state index contributed by atoms with van der Waals surface area (Å²) in [6, 6.07) is 4.96. The molecule has 21 heavy (non-hydrogen) atoms. The van der Waals surface area contributed by atoms with Crippen LogP contribution >= 0.6 is 34.8 Å². The largest absolute Gasteiger partial charge is 0.433 e. The van der Waals surface area contributed by atoms with Crippen LogP contribution in [0.25, 0.3) is 11.1 Å². The highest BCUT2D eigenvalue weighted by Crippen LogP contribution is 2.39. The summed E-state index contributed by atoms with van der Waals surface area (Å²) >= 11 is 17.8. The fraction of sp³-hybridized carbons (Fsp3) is 0.154. The maximum absolute atomic E-state index is 12.6. The van der Waals surface area contributed by atoms with Crippen molar-refractivity contribution in [3.05, 3.63) is 50.7 Å². The predicted molar refractivity (Wildman–Crippen MR) is 75.6 cm³/mol. The van der Waals surface area contributed by atoms with E-state index in [1.807, 2.05) is 0 Å². The lowest BCUT2D eigenvalue weighted by atomic mass is 10.0. The van der Waals surface area contributed by atoms with Crippen molar-refractivity contribution in [2.75, 3.05) is 0 Å². The third-order valence-electron chi connectivity index (χ3n) is 2.74. The number of aliphatic hydroxyl groups excluding tert-OH is 1. The average molecular weight is 357 g/mol. The molecule has 0 aliphatic carbocycles. The summed E-state index contributed by atoms with van der Waals surface area (Å²) in [5.41, 5.74) is -0.637. The minimum absolute atomic E-state index is 0.0830. The van der Waals surface area contributed by atoms with E-state index in [1.54, 1.807) is 0 Å². The second kappa shape index (κ2) is 6.01. The van der Waals surface area contributed by atoms with Crippen LogP contribution in [0.3, 0.4) is 0 Å². The summed E-state index contributed by atoms with van der Waals surface area (Å²) in [5.74, 6) is 0. The average Bonchev–Trinajstić information content (AvgIpc) is 2.43. The fourth-order valence-corrected chi connectivity index (χ4v) is 2.40. The number of aliphatic hydroxyl groups is 1. The van der Waals surface area contributed by atoms with Gasteiger partial charge in [-0.15, -0.1) is 0 Å². The van der Waals surface area contributed by atoms with Crippen LogP contribution in [0.15, 0.2) is 24.3 Å². The van der Waals surface area contributed by atoms with Crippen LogP contribution in [0.5, 0.6) is 0 Å². The van der Waals surface area contributed by atoms with Crippen molar-refractivity contribution >= 4 is 34.8 Å². The second-order valence-corrected chi connectivity index (χ2v) is 5.23. The number of alkyl halides is 3. The molecule has 0 atom stereocenters. The Morgan fingerprint density at radius 1 is 0.952 bits per heavy atom. The molecule has 1 aromatic heterocycles. The van der Waals surface area contributed by atoms with Crippen LogP contribution in [0.4, 0.5) is 13.2 Å². The van der Waals surface area contributed by atoms with Crippen molar-refractivity contribution < 1.29 is 18.3 Å². The molecule has 2 nitrogen and oxygen atoms in total. The summed E-state index contributed by atoms with van der Waals surface area (Å²) in [7, 11) is 0. The smallest absolute Gasteiger partial charge is 0.390 e. The van der Waals surface area contributed by atoms with Gasteiger partial charge in [0.05, 0.1) is 27.4 Å². The molecule has 0 bridgehead atoms. The molecule has 8 heteroatoms. The van der Waals surface area contributed by atoms with E-state index in [2.05, 4.69) is 4.98 Å². The zero-order valence-corrected chi connectivity index (χ0v) is 12.4. The number of rotatable bonds is 2. The minimum atomic E-state index is -4.59. The molecule has 0 saturated carbocycles. The fourth-order valence-electron chi connectivity index (χ4n) is 1.76. The molecule has 0 radical (unpaired) electrons. The Morgan fingerprint density at radius 2 is 1.57 bits per heavy atom. The van der Waals surface area contributed by atoms with E-state index in [9.17, 15) is 18.3 Å². The second-order valence-electron chi connectivity index (χ2n) is 4.07. The third-order valence-corrected chi connectivity index (χ3v) is 4.03. The number of hydrogen-bond acceptors (Lipinski definition) is 2. The van der Waals surface area contributed by atoms with Gasteiger partial charge in [-0.25, -0.2) is 4.98 Å². The van der Waals surface area contributed by atoms with Gasteiger partial charge in [-0.3, -0.25) is 0 Å². The van der Waals surface area contributed by atoms with Gasteiger partial charge < -0.3 is 5.11 Å². The van der Waals surface area contributed by atoms with Gasteiger partial charge in [0.15, 0.2) is 0 Å². The van der Waals surface area contributed by atoms with Crippen LogP contribution in [0.2, 0.25) is 15.1 Å². The molecule has 0 unspecified atom stereocenters. The molecule has 0 aliphatic heterocycles. The Kier molecular flexibility index (Phi) is 4.68. The first kappa shape index (κ1) is 16.4. The normalized spacial score (nSPS) is 11.8. The highest BCUT2D eigenvalue weighted by molar-refractivity contribution is 6.49. The number of pyridine rings is 1. The van der Waals surface area contributed by atoms with Gasteiger partial charge >= 0.3 is 6.18 Å². The standard InChI is InChI=1S/C13H7Cl3F3NO/c14-8-3-1-7(11(15)12(8)16)6-2-4-10(13(17,18)19)20-9(6)5-21/h1-4,21H,5H2. The monoisotopic (exact) mass is 355 g/mol. The van der Waals surface area contributed by atoms with E-state index < -0.39 is 18.5 Å². The maximum Gasteiger partial charge on any atom is 0.433 e. The van der Waals surface area contributed by atoms with E-state index in [1.165, 1.54) is 18.2 Å². The van der Waals surface area contributed by atoms with Gasteiger partial charge in [-0.1, -0.05) is 46.9 Å². The van der Waals surface area contributed by atoms with Crippen LogP contribution in [-0.2, 0) is 12.8 Å². The molecule has 112 valence electrons. The predicted octanol–water partition coefficient (Wildman–Crippen LogP) is 5.22. The number of nitrogens with zero attached hydrogens (tertiary/aromatic N) is 1. The summed E-state index contributed by atoms with van der Waals surface area (Å²) in [4.78, 5) is 3.42. The number of hydrogen-bond donors (Lipinski definition) is 1. The van der Waals surface area contributed by atoms with Gasteiger partial charge in [0, 0.05) is 11.1 Å². The summed E-state index contributed by atoms with van der Waals surface area (Å²) in [5, 5.41) is 9.64. The zero-order valence-electron chi connectivity index (χ0n) is 10.2. The molecular formula is C13H7Cl3F3NO. The Balaban J connectivity index is 2.63. The molecule has 0 saturated heterocycles. The minimum Gasteiger partial charge on any atom is -0.390 e. The third kappa shape index (κ3) is 3.26. The summed E-state index contributed by atoms with van der Waals surface area (Å²) in [6.45, 7) is -0.671. The number of benzene rings is 1. The Hall–Kier alpha value is -1.01. The number of aromatic nitrogens is 1. The zero-order chi connectivity index (χ0) is 15.8. The van der Waals surface area contributed by atoms with Gasteiger partial charge in [0.1, 0.15) is 5.69 Å². The molecule has 0 aliphatic rings. The van der Waals surface area contributed by atoms with Gasteiger partial charge in [-0.2, -0.15) is 13.2 Å². The van der Waals surface area contributed by atoms with E-state index in [0.717, 1.165) is 6.07 Å². The SMILES string of the molecule is OCc1nc(C(F)(F)F)ccc1-c1ccc(Cl)c(Cl)c1Cl. The van der Waals surface area contributed by atoms with Crippen LogP contribution in [-0.4, -0.2) is 10.1 Å². The summed E-state index contributed by atoms with van der Waals surface area (Å²) < 4.78 is 37.9.